The molecule has 0 fully saturated rings. The molecule has 0 radical (unpaired) electrons. The van der Waals surface area contributed by atoms with Gasteiger partial charge in [-0.3, -0.25) is 0 Å². The second-order valence-corrected chi connectivity index (χ2v) is 3.83. The van der Waals surface area contributed by atoms with Crippen molar-refractivity contribution in [2.75, 3.05) is 5.75 Å². The van der Waals surface area contributed by atoms with Crippen molar-refractivity contribution >= 4 is 12.6 Å². The van der Waals surface area contributed by atoms with Gasteiger partial charge in [0.05, 0.1) is 0 Å². The van der Waals surface area contributed by atoms with Crippen molar-refractivity contribution in [1.29, 1.82) is 0 Å². The molecule has 0 bridgehead atoms. The molecule has 0 saturated heterocycles. The van der Waals surface area contributed by atoms with Crippen LogP contribution < -0.4 is 0 Å². The first-order valence-corrected chi connectivity index (χ1v) is 5.67. The van der Waals surface area contributed by atoms with Crippen molar-refractivity contribution in [2.45, 2.75) is 32.1 Å². The first-order valence-electron chi connectivity index (χ1n) is 5.04. The van der Waals surface area contributed by atoms with E-state index >= 15 is 0 Å². The van der Waals surface area contributed by atoms with E-state index in [1.807, 2.05) is 0 Å². The molecule has 0 N–H and O–H groups in total. The van der Waals surface area contributed by atoms with Crippen LogP contribution in [-0.4, -0.2) is 5.75 Å². The van der Waals surface area contributed by atoms with E-state index in [1.165, 1.54) is 24.8 Å². The van der Waals surface area contributed by atoms with Crippen molar-refractivity contribution in [2.24, 2.45) is 0 Å². The van der Waals surface area contributed by atoms with Gasteiger partial charge in [0, 0.05) is 0 Å². The minimum atomic E-state index is 0.730. The van der Waals surface area contributed by atoms with Gasteiger partial charge in [-0.05, 0) is 36.5 Å². The molecule has 0 saturated carbocycles. The lowest BCUT2D eigenvalue weighted by Gasteiger charge is -2.14. The summed E-state index contributed by atoms with van der Waals surface area (Å²) in [7, 11) is 0. The van der Waals surface area contributed by atoms with Gasteiger partial charge < -0.3 is 0 Å². The first-order chi connectivity index (χ1) is 6.38. The lowest BCUT2D eigenvalue weighted by molar-refractivity contribution is 0.599. The van der Waals surface area contributed by atoms with Crippen molar-refractivity contribution in [3.05, 3.63) is 35.9 Å². The third-order valence-electron chi connectivity index (χ3n) is 2.47. The fourth-order valence-electron chi connectivity index (χ4n) is 1.67. The molecular weight excluding hydrogens is 176 g/mol. The number of hydrogen-bond donors (Lipinski definition) is 1. The summed E-state index contributed by atoms with van der Waals surface area (Å²) in [6.07, 6.45) is 3.72. The summed E-state index contributed by atoms with van der Waals surface area (Å²) < 4.78 is 0. The summed E-state index contributed by atoms with van der Waals surface area (Å²) in [5.74, 6) is 1.73. The zero-order chi connectivity index (χ0) is 9.52. The van der Waals surface area contributed by atoms with Crippen LogP contribution in [0.15, 0.2) is 30.3 Å². The third-order valence-corrected chi connectivity index (χ3v) is 2.79. The summed E-state index contributed by atoms with van der Waals surface area (Å²) >= 11 is 4.25. The molecule has 0 aliphatic rings. The van der Waals surface area contributed by atoms with E-state index < -0.39 is 0 Å². The molecule has 0 amide bonds. The van der Waals surface area contributed by atoms with Crippen LogP contribution in [0.25, 0.3) is 0 Å². The zero-order valence-corrected chi connectivity index (χ0v) is 9.13. The van der Waals surface area contributed by atoms with Gasteiger partial charge in [-0.15, -0.1) is 0 Å². The number of benzene rings is 1. The van der Waals surface area contributed by atoms with Crippen LogP contribution in [0, 0.1) is 0 Å². The Morgan fingerprint density at radius 2 is 1.92 bits per heavy atom. The quantitative estimate of drug-likeness (QED) is 0.675. The Labute approximate surface area is 86.8 Å². The fourth-order valence-corrected chi connectivity index (χ4v) is 1.85. The molecule has 1 aromatic carbocycles. The maximum Gasteiger partial charge on any atom is -0.00977 e. The summed E-state index contributed by atoms with van der Waals surface area (Å²) in [5.41, 5.74) is 1.48. The van der Waals surface area contributed by atoms with Crippen LogP contribution in [-0.2, 0) is 0 Å². The molecule has 72 valence electrons. The molecular formula is C12H18S. The molecule has 1 rings (SSSR count). The van der Waals surface area contributed by atoms with Crippen molar-refractivity contribution in [3.8, 4) is 0 Å². The van der Waals surface area contributed by atoms with Gasteiger partial charge in [-0.25, -0.2) is 0 Å². The predicted octanol–water partition coefficient (Wildman–Crippen LogP) is 3.89. The molecule has 1 unspecified atom stereocenters. The molecule has 0 spiro atoms. The van der Waals surface area contributed by atoms with Gasteiger partial charge in [0.2, 0.25) is 0 Å². The van der Waals surface area contributed by atoms with Gasteiger partial charge in [0.25, 0.3) is 0 Å². The molecule has 1 aromatic rings. The highest BCUT2D eigenvalue weighted by Gasteiger charge is 2.07. The molecule has 0 aliphatic carbocycles. The van der Waals surface area contributed by atoms with Crippen LogP contribution in [0.2, 0.25) is 0 Å². The third kappa shape index (κ3) is 3.43. The minimum absolute atomic E-state index is 0.730. The summed E-state index contributed by atoms with van der Waals surface area (Å²) in [5, 5.41) is 0. The number of thiol groups is 1. The Bertz CT molecular complexity index is 218. The minimum Gasteiger partial charge on any atom is -0.179 e. The molecule has 0 aliphatic heterocycles. The monoisotopic (exact) mass is 194 g/mol. The Kier molecular flexibility index (Phi) is 4.99. The molecule has 1 atom stereocenters. The molecule has 1 heteroatoms. The molecule has 0 aromatic heterocycles. The topological polar surface area (TPSA) is 0 Å². The fraction of sp³-hybridized carbons (Fsp3) is 0.500. The van der Waals surface area contributed by atoms with Crippen LogP contribution >= 0.6 is 12.6 Å². The number of hydrogen-bond acceptors (Lipinski definition) is 1. The van der Waals surface area contributed by atoms with Crippen molar-refractivity contribution in [3.63, 3.8) is 0 Å². The SMILES string of the molecule is CCC(CCCS)c1ccccc1. The van der Waals surface area contributed by atoms with E-state index in [-0.39, 0.29) is 0 Å². The van der Waals surface area contributed by atoms with Gasteiger partial charge in [-0.2, -0.15) is 12.6 Å². The molecule has 0 heterocycles. The Morgan fingerprint density at radius 3 is 2.46 bits per heavy atom. The van der Waals surface area contributed by atoms with Gasteiger partial charge in [0.1, 0.15) is 0 Å². The smallest absolute Gasteiger partial charge is 0.00977 e. The van der Waals surface area contributed by atoms with E-state index in [9.17, 15) is 0 Å². The summed E-state index contributed by atoms with van der Waals surface area (Å²) in [6.45, 7) is 2.26. The average molecular weight is 194 g/mol. The van der Waals surface area contributed by atoms with Gasteiger partial charge >= 0.3 is 0 Å². The highest BCUT2D eigenvalue weighted by Crippen LogP contribution is 2.24. The van der Waals surface area contributed by atoms with Crippen LogP contribution in [0.3, 0.4) is 0 Å². The van der Waals surface area contributed by atoms with E-state index in [0.29, 0.717) is 0 Å². The first kappa shape index (κ1) is 10.6. The van der Waals surface area contributed by atoms with Crippen LogP contribution in [0.1, 0.15) is 37.7 Å². The maximum atomic E-state index is 4.25. The van der Waals surface area contributed by atoms with Gasteiger partial charge in [0.15, 0.2) is 0 Å². The van der Waals surface area contributed by atoms with Crippen molar-refractivity contribution < 1.29 is 0 Å². The van der Waals surface area contributed by atoms with E-state index in [0.717, 1.165) is 11.7 Å². The summed E-state index contributed by atoms with van der Waals surface area (Å²) in [4.78, 5) is 0. The van der Waals surface area contributed by atoms with Crippen molar-refractivity contribution in [1.82, 2.24) is 0 Å². The normalized spacial score (nSPS) is 12.8. The predicted molar refractivity (Wildman–Crippen MR) is 62.6 cm³/mol. The second kappa shape index (κ2) is 6.09. The van der Waals surface area contributed by atoms with Crippen LogP contribution in [0.4, 0.5) is 0 Å². The zero-order valence-electron chi connectivity index (χ0n) is 8.24. The highest BCUT2D eigenvalue weighted by molar-refractivity contribution is 7.80. The molecule has 0 nitrogen and oxygen atoms in total. The van der Waals surface area contributed by atoms with Gasteiger partial charge in [-0.1, -0.05) is 37.3 Å². The Morgan fingerprint density at radius 1 is 1.23 bits per heavy atom. The van der Waals surface area contributed by atoms with E-state index in [4.69, 9.17) is 0 Å². The average Bonchev–Trinajstić information content (AvgIpc) is 2.21. The standard InChI is InChI=1S/C12H18S/c1-2-11(9-6-10-13)12-7-4-3-5-8-12/h3-5,7-8,11,13H,2,6,9-10H2,1H3. The van der Waals surface area contributed by atoms with E-state index in [2.05, 4.69) is 49.9 Å². The summed E-state index contributed by atoms with van der Waals surface area (Å²) in [6, 6.07) is 10.8. The lowest BCUT2D eigenvalue weighted by Crippen LogP contribution is -1.97. The van der Waals surface area contributed by atoms with E-state index in [1.54, 1.807) is 0 Å². The second-order valence-electron chi connectivity index (χ2n) is 3.38. The van der Waals surface area contributed by atoms with Crippen LogP contribution in [0.5, 0.6) is 0 Å². The maximum absolute atomic E-state index is 4.25. The largest absolute Gasteiger partial charge is 0.179 e. The highest BCUT2D eigenvalue weighted by atomic mass is 32.1. The molecule has 13 heavy (non-hydrogen) atoms. The Balaban J connectivity index is 2.56. The lowest BCUT2D eigenvalue weighted by atomic mass is 9.92. The number of rotatable bonds is 5. The Hall–Kier alpha value is -0.430.